The summed E-state index contributed by atoms with van der Waals surface area (Å²) < 4.78 is 14.6. The maximum atomic E-state index is 11.0. The van der Waals surface area contributed by atoms with Crippen LogP contribution in [-0.2, 0) is 12.4 Å². The third kappa shape index (κ3) is 17.8. The predicted octanol–water partition coefficient (Wildman–Crippen LogP) is 5.37. The molecule has 0 aliphatic heterocycles. The Bertz CT molecular complexity index is 244. The Morgan fingerprint density at radius 1 is 0.714 bits per heavy atom. The minimum atomic E-state index is -1.37. The molecule has 0 radical (unpaired) electrons. The first-order valence-corrected chi connectivity index (χ1v) is 9.88. The van der Waals surface area contributed by atoms with Crippen LogP contribution in [0.2, 0.25) is 0 Å². The van der Waals surface area contributed by atoms with Gasteiger partial charge in [0.2, 0.25) is 0 Å². The number of rotatable bonds is 16. The molecule has 0 atom stereocenters. The van der Waals surface area contributed by atoms with Crippen molar-refractivity contribution >= 4 is 21.5 Å². The summed E-state index contributed by atoms with van der Waals surface area (Å²) in [5.41, 5.74) is 0. The fraction of sp³-hybridized carbons (Fsp3) is 0.941. The number of carbonyl (C=O) groups is 1. The number of hydrogen-bond donors (Lipinski definition) is 0. The van der Waals surface area contributed by atoms with Crippen molar-refractivity contribution in [1.29, 1.82) is 0 Å². The van der Waals surface area contributed by atoms with E-state index < -0.39 is 15.5 Å². The molecule has 3 nitrogen and oxygen atoms in total. The SMILES string of the molecule is CCCCCCCCCCCCCCCCC(=O)[O][Al]=[O]. The molecule has 0 saturated carbocycles. The first kappa shape index (κ1) is 20.8. The molecule has 0 aliphatic rings. The summed E-state index contributed by atoms with van der Waals surface area (Å²) >= 11 is -1.37. The van der Waals surface area contributed by atoms with Crippen LogP contribution in [0.1, 0.15) is 103 Å². The molecule has 21 heavy (non-hydrogen) atoms. The molecule has 0 aromatic rings. The van der Waals surface area contributed by atoms with Gasteiger partial charge < -0.3 is 0 Å². The molecule has 0 unspecified atom stereocenters. The first-order valence-electron chi connectivity index (χ1n) is 8.94. The zero-order chi connectivity index (χ0) is 15.6. The second-order valence-electron chi connectivity index (χ2n) is 5.93. The van der Waals surface area contributed by atoms with Crippen molar-refractivity contribution < 1.29 is 12.4 Å². The van der Waals surface area contributed by atoms with Gasteiger partial charge in [0, 0.05) is 0 Å². The summed E-state index contributed by atoms with van der Waals surface area (Å²) in [6.07, 6.45) is 18.7. The molecule has 0 rings (SSSR count). The van der Waals surface area contributed by atoms with Gasteiger partial charge in [0.25, 0.3) is 0 Å². The van der Waals surface area contributed by atoms with Crippen molar-refractivity contribution in [2.24, 2.45) is 0 Å². The summed E-state index contributed by atoms with van der Waals surface area (Å²) in [4.78, 5) is 11.0. The van der Waals surface area contributed by atoms with Crippen molar-refractivity contribution in [2.45, 2.75) is 103 Å². The topological polar surface area (TPSA) is 43.4 Å². The molecular formula is C17H33AlO3. The zero-order valence-electron chi connectivity index (χ0n) is 13.9. The van der Waals surface area contributed by atoms with Gasteiger partial charge in [0.15, 0.2) is 0 Å². The molecule has 0 heterocycles. The Kier molecular flexibility index (Phi) is 17.7. The molecule has 0 aromatic heterocycles. The summed E-state index contributed by atoms with van der Waals surface area (Å²) in [6.45, 7) is 2.26. The molecule has 0 bridgehead atoms. The van der Waals surface area contributed by atoms with Crippen LogP contribution in [0.5, 0.6) is 0 Å². The molecule has 4 heteroatoms. The Morgan fingerprint density at radius 2 is 1.10 bits per heavy atom. The van der Waals surface area contributed by atoms with Gasteiger partial charge in [-0.25, -0.2) is 0 Å². The van der Waals surface area contributed by atoms with Gasteiger partial charge >= 0.3 is 98.1 Å². The second-order valence-corrected chi connectivity index (χ2v) is 6.36. The van der Waals surface area contributed by atoms with E-state index in [-0.39, 0.29) is 5.97 Å². The number of carbonyl (C=O) groups excluding carboxylic acids is 1. The van der Waals surface area contributed by atoms with E-state index in [1.807, 2.05) is 0 Å². The molecule has 0 N–H and O–H groups in total. The average molecular weight is 312 g/mol. The van der Waals surface area contributed by atoms with Crippen LogP contribution >= 0.6 is 0 Å². The van der Waals surface area contributed by atoms with Crippen molar-refractivity contribution in [3.05, 3.63) is 0 Å². The number of hydrogen-bond acceptors (Lipinski definition) is 3. The van der Waals surface area contributed by atoms with E-state index in [1.54, 1.807) is 0 Å². The molecular weight excluding hydrogens is 279 g/mol. The Balaban J connectivity index is 3.02. The van der Waals surface area contributed by atoms with E-state index in [0.717, 1.165) is 12.8 Å². The molecule has 122 valence electrons. The van der Waals surface area contributed by atoms with E-state index in [2.05, 4.69) is 10.7 Å². The van der Waals surface area contributed by atoms with Crippen LogP contribution in [0.3, 0.4) is 0 Å². The monoisotopic (exact) mass is 312 g/mol. The molecule has 0 saturated heterocycles. The third-order valence-corrected chi connectivity index (χ3v) is 4.27. The summed E-state index contributed by atoms with van der Waals surface area (Å²) in [5.74, 6) is -0.307. The van der Waals surface area contributed by atoms with Crippen molar-refractivity contribution in [2.75, 3.05) is 0 Å². The predicted molar refractivity (Wildman–Crippen MR) is 87.5 cm³/mol. The van der Waals surface area contributed by atoms with Gasteiger partial charge in [-0.3, -0.25) is 0 Å². The van der Waals surface area contributed by atoms with E-state index >= 15 is 0 Å². The maximum absolute atomic E-state index is 11.0. The third-order valence-electron chi connectivity index (χ3n) is 3.91. The normalized spacial score (nSPS) is 10.3. The van der Waals surface area contributed by atoms with Gasteiger partial charge in [-0.15, -0.1) is 0 Å². The molecule has 0 aliphatic carbocycles. The van der Waals surface area contributed by atoms with Gasteiger partial charge in [-0.1, -0.05) is 39.0 Å². The van der Waals surface area contributed by atoms with Gasteiger partial charge in [0.05, 0.1) is 0 Å². The Hall–Kier alpha value is -0.198. The van der Waals surface area contributed by atoms with Gasteiger partial charge in [-0.2, -0.15) is 0 Å². The molecule has 0 aromatic carbocycles. The first-order chi connectivity index (χ1) is 10.3. The quantitative estimate of drug-likeness (QED) is 0.284. The van der Waals surface area contributed by atoms with Crippen LogP contribution in [0.15, 0.2) is 0 Å². The molecule has 0 fully saturated rings. The summed E-state index contributed by atoms with van der Waals surface area (Å²) in [7, 11) is 0. The van der Waals surface area contributed by atoms with Crippen molar-refractivity contribution in [3.63, 3.8) is 0 Å². The van der Waals surface area contributed by atoms with Crippen molar-refractivity contribution in [3.8, 4) is 0 Å². The molecule has 0 spiro atoms. The second kappa shape index (κ2) is 17.9. The zero-order valence-corrected chi connectivity index (χ0v) is 15.1. The van der Waals surface area contributed by atoms with Crippen LogP contribution in [0.25, 0.3) is 0 Å². The minimum absolute atomic E-state index is 0.307. The van der Waals surface area contributed by atoms with Crippen LogP contribution in [0, 0.1) is 0 Å². The summed E-state index contributed by atoms with van der Waals surface area (Å²) in [6, 6.07) is 0. The Morgan fingerprint density at radius 3 is 1.48 bits per heavy atom. The fourth-order valence-electron chi connectivity index (χ4n) is 2.58. The van der Waals surface area contributed by atoms with Gasteiger partial charge in [-0.05, 0) is 0 Å². The van der Waals surface area contributed by atoms with Crippen LogP contribution in [-0.4, -0.2) is 21.5 Å². The molecule has 0 amide bonds. The van der Waals surface area contributed by atoms with Crippen molar-refractivity contribution in [1.82, 2.24) is 0 Å². The Labute approximate surface area is 137 Å². The van der Waals surface area contributed by atoms with Crippen LogP contribution in [0.4, 0.5) is 0 Å². The van der Waals surface area contributed by atoms with Gasteiger partial charge in [0.1, 0.15) is 0 Å². The standard InChI is InChI=1S/C17H34O2.Al.O/c1-2-3-4-5-6-7-8-9-10-11-12-13-14-15-16-17(18)19;;/h2-16H2,1H3,(H,18,19);;/q;+1;/p-1. The van der Waals surface area contributed by atoms with E-state index in [4.69, 9.17) is 0 Å². The summed E-state index contributed by atoms with van der Waals surface area (Å²) in [5, 5.41) is 0. The van der Waals surface area contributed by atoms with E-state index in [0.29, 0.717) is 6.42 Å². The van der Waals surface area contributed by atoms with E-state index in [9.17, 15) is 8.60 Å². The average Bonchev–Trinajstić information content (AvgIpc) is 2.48. The van der Waals surface area contributed by atoms with E-state index in [1.165, 1.54) is 77.0 Å². The fourth-order valence-corrected chi connectivity index (χ4v) is 2.80. The number of unbranched alkanes of at least 4 members (excludes halogenated alkanes) is 13. The van der Waals surface area contributed by atoms with Crippen LogP contribution < -0.4 is 0 Å².